The molecule has 0 aromatic carbocycles. The molecule has 3 heteroatoms. The lowest BCUT2D eigenvalue weighted by Gasteiger charge is -1.83. The van der Waals surface area contributed by atoms with E-state index in [1.807, 2.05) is 0 Å². The molecule has 0 aliphatic carbocycles. The van der Waals surface area contributed by atoms with Crippen molar-refractivity contribution in [3.05, 3.63) is 18.6 Å². The third-order valence-electron chi connectivity index (χ3n) is 0.712. The Morgan fingerprint density at radius 3 is 2.75 bits per heavy atom. The highest BCUT2D eigenvalue weighted by Gasteiger charge is 1.79. The standard InChI is InChI=1S/C5H5N3/c1-6-5-4-7-2-3-8-5/h2-4H,1H2. The van der Waals surface area contributed by atoms with Gasteiger partial charge in [0.2, 0.25) is 0 Å². The molecule has 0 saturated carbocycles. The topological polar surface area (TPSA) is 38.1 Å². The third-order valence-corrected chi connectivity index (χ3v) is 0.712. The van der Waals surface area contributed by atoms with Gasteiger partial charge >= 0.3 is 0 Å². The molecular formula is C5H5N3. The highest BCUT2D eigenvalue weighted by atomic mass is 14.9. The first-order valence-corrected chi connectivity index (χ1v) is 2.16. The minimum absolute atomic E-state index is 0.563. The Kier molecular flexibility index (Phi) is 1.32. The summed E-state index contributed by atoms with van der Waals surface area (Å²) in [5.74, 6) is 0.563. The SMILES string of the molecule is C=Nc1cnccn1. The molecule has 0 saturated heterocycles. The number of nitrogens with zero attached hydrogens (tertiary/aromatic N) is 3. The summed E-state index contributed by atoms with van der Waals surface area (Å²) in [5, 5.41) is 0. The molecule has 1 rings (SSSR count). The van der Waals surface area contributed by atoms with Gasteiger partial charge in [0.1, 0.15) is 0 Å². The summed E-state index contributed by atoms with van der Waals surface area (Å²) < 4.78 is 0. The van der Waals surface area contributed by atoms with Gasteiger partial charge in [0.15, 0.2) is 5.82 Å². The van der Waals surface area contributed by atoms with Crippen LogP contribution in [0.25, 0.3) is 0 Å². The molecule has 40 valence electrons. The zero-order valence-electron chi connectivity index (χ0n) is 4.28. The van der Waals surface area contributed by atoms with Gasteiger partial charge in [0.05, 0.1) is 6.20 Å². The second-order valence-corrected chi connectivity index (χ2v) is 1.22. The molecule has 0 spiro atoms. The van der Waals surface area contributed by atoms with E-state index in [4.69, 9.17) is 0 Å². The highest BCUT2D eigenvalue weighted by Crippen LogP contribution is 1.98. The Labute approximate surface area is 47.1 Å². The van der Waals surface area contributed by atoms with Crippen molar-refractivity contribution in [2.75, 3.05) is 0 Å². The Balaban J connectivity index is 2.99. The lowest BCUT2D eigenvalue weighted by Crippen LogP contribution is -1.72. The van der Waals surface area contributed by atoms with Crippen molar-refractivity contribution in [1.29, 1.82) is 0 Å². The highest BCUT2D eigenvalue weighted by molar-refractivity contribution is 5.36. The van der Waals surface area contributed by atoms with Crippen molar-refractivity contribution < 1.29 is 0 Å². The molecule has 0 fully saturated rings. The fourth-order valence-corrected chi connectivity index (χ4v) is 0.373. The van der Waals surface area contributed by atoms with Crippen LogP contribution in [-0.4, -0.2) is 16.7 Å². The Morgan fingerprint density at radius 1 is 1.50 bits per heavy atom. The molecule has 0 radical (unpaired) electrons. The molecule has 1 heterocycles. The lowest BCUT2D eigenvalue weighted by atomic mass is 10.7. The predicted molar refractivity (Wildman–Crippen MR) is 31.2 cm³/mol. The minimum atomic E-state index is 0.563. The van der Waals surface area contributed by atoms with Crippen molar-refractivity contribution >= 4 is 12.5 Å². The van der Waals surface area contributed by atoms with E-state index in [0.29, 0.717) is 5.82 Å². The van der Waals surface area contributed by atoms with E-state index in [2.05, 4.69) is 21.7 Å². The van der Waals surface area contributed by atoms with Crippen molar-refractivity contribution in [1.82, 2.24) is 9.97 Å². The van der Waals surface area contributed by atoms with Gasteiger partial charge in [-0.15, -0.1) is 0 Å². The van der Waals surface area contributed by atoms with Gasteiger partial charge in [-0.05, 0) is 6.72 Å². The Morgan fingerprint density at radius 2 is 2.38 bits per heavy atom. The number of aromatic nitrogens is 2. The predicted octanol–water partition coefficient (Wildman–Crippen LogP) is 0.809. The van der Waals surface area contributed by atoms with Crippen molar-refractivity contribution in [3.8, 4) is 0 Å². The third kappa shape index (κ3) is 0.872. The van der Waals surface area contributed by atoms with Crippen LogP contribution >= 0.6 is 0 Å². The number of rotatable bonds is 1. The monoisotopic (exact) mass is 107 g/mol. The van der Waals surface area contributed by atoms with E-state index >= 15 is 0 Å². The largest absolute Gasteiger partial charge is 0.259 e. The molecule has 8 heavy (non-hydrogen) atoms. The Bertz CT molecular complexity index is 170. The molecule has 0 atom stereocenters. The van der Waals surface area contributed by atoms with Crippen LogP contribution in [0.1, 0.15) is 0 Å². The van der Waals surface area contributed by atoms with Gasteiger partial charge in [-0.25, -0.2) is 9.98 Å². The smallest absolute Gasteiger partial charge is 0.169 e. The van der Waals surface area contributed by atoms with E-state index < -0.39 is 0 Å². The van der Waals surface area contributed by atoms with Crippen LogP contribution in [-0.2, 0) is 0 Å². The summed E-state index contributed by atoms with van der Waals surface area (Å²) in [7, 11) is 0. The van der Waals surface area contributed by atoms with Crippen molar-refractivity contribution in [3.63, 3.8) is 0 Å². The minimum Gasteiger partial charge on any atom is -0.259 e. The van der Waals surface area contributed by atoms with Gasteiger partial charge < -0.3 is 0 Å². The van der Waals surface area contributed by atoms with Crippen LogP contribution in [0.15, 0.2) is 23.6 Å². The molecule has 0 bridgehead atoms. The van der Waals surface area contributed by atoms with Gasteiger partial charge in [0, 0.05) is 12.4 Å². The average Bonchev–Trinajstić information content (AvgIpc) is 1.90. The van der Waals surface area contributed by atoms with E-state index in [1.54, 1.807) is 18.6 Å². The first-order chi connectivity index (χ1) is 3.93. The zero-order valence-corrected chi connectivity index (χ0v) is 4.28. The first-order valence-electron chi connectivity index (χ1n) is 2.16. The number of hydrogen-bond donors (Lipinski definition) is 0. The Hall–Kier alpha value is -1.25. The van der Waals surface area contributed by atoms with Gasteiger partial charge in [-0.2, -0.15) is 0 Å². The van der Waals surface area contributed by atoms with Crippen LogP contribution in [0.2, 0.25) is 0 Å². The average molecular weight is 107 g/mol. The summed E-state index contributed by atoms with van der Waals surface area (Å²) in [6.07, 6.45) is 4.71. The summed E-state index contributed by atoms with van der Waals surface area (Å²) in [6.45, 7) is 3.28. The fourth-order valence-electron chi connectivity index (χ4n) is 0.373. The van der Waals surface area contributed by atoms with Crippen LogP contribution in [0.3, 0.4) is 0 Å². The normalized spacial score (nSPS) is 8.50. The van der Waals surface area contributed by atoms with Crippen molar-refractivity contribution in [2.24, 2.45) is 4.99 Å². The molecule has 1 aromatic heterocycles. The van der Waals surface area contributed by atoms with Crippen LogP contribution < -0.4 is 0 Å². The first kappa shape index (κ1) is 4.90. The van der Waals surface area contributed by atoms with Crippen LogP contribution in [0.4, 0.5) is 5.82 Å². The summed E-state index contributed by atoms with van der Waals surface area (Å²) in [5.41, 5.74) is 0. The van der Waals surface area contributed by atoms with Gasteiger partial charge in [0.25, 0.3) is 0 Å². The number of aliphatic imine (C=N–C) groups is 1. The molecule has 3 nitrogen and oxygen atoms in total. The second kappa shape index (κ2) is 2.16. The van der Waals surface area contributed by atoms with Crippen molar-refractivity contribution in [2.45, 2.75) is 0 Å². The molecule has 0 N–H and O–H groups in total. The van der Waals surface area contributed by atoms with Crippen LogP contribution in [0, 0.1) is 0 Å². The molecule has 0 amide bonds. The molecule has 0 aliphatic heterocycles. The van der Waals surface area contributed by atoms with E-state index in [1.165, 1.54) is 0 Å². The van der Waals surface area contributed by atoms with E-state index in [9.17, 15) is 0 Å². The maximum absolute atomic E-state index is 3.81. The lowest BCUT2D eigenvalue weighted by molar-refractivity contribution is 1.18. The zero-order chi connectivity index (χ0) is 5.82. The van der Waals surface area contributed by atoms with E-state index in [-0.39, 0.29) is 0 Å². The molecular weight excluding hydrogens is 102 g/mol. The molecule has 1 aromatic rings. The van der Waals surface area contributed by atoms with E-state index in [0.717, 1.165) is 0 Å². The van der Waals surface area contributed by atoms with Gasteiger partial charge in [-0.3, -0.25) is 4.98 Å². The maximum Gasteiger partial charge on any atom is 0.169 e. The van der Waals surface area contributed by atoms with Crippen LogP contribution in [0.5, 0.6) is 0 Å². The van der Waals surface area contributed by atoms with Gasteiger partial charge in [-0.1, -0.05) is 0 Å². The fraction of sp³-hybridized carbons (Fsp3) is 0. The molecule has 0 unspecified atom stereocenters. The molecule has 0 aliphatic rings. The maximum atomic E-state index is 3.81. The summed E-state index contributed by atoms with van der Waals surface area (Å²) in [4.78, 5) is 11.1. The summed E-state index contributed by atoms with van der Waals surface area (Å²) >= 11 is 0. The summed E-state index contributed by atoms with van der Waals surface area (Å²) in [6, 6.07) is 0. The number of hydrogen-bond acceptors (Lipinski definition) is 3. The quantitative estimate of drug-likeness (QED) is 0.498. The second-order valence-electron chi connectivity index (χ2n) is 1.22.